The van der Waals surface area contributed by atoms with Gasteiger partial charge in [-0.2, -0.15) is 0 Å². The largest absolute Gasteiger partial charge is 0.481 e. The number of nitrogens with two attached hydrogens (primary N) is 1. The monoisotopic (exact) mass is 177 g/mol. The molecule has 0 radical (unpaired) electrons. The van der Waals surface area contributed by atoms with Crippen molar-refractivity contribution < 1.29 is 19.8 Å². The van der Waals surface area contributed by atoms with Gasteiger partial charge in [-0.1, -0.05) is 13.8 Å². The Bertz CT molecular complexity index is 151. The summed E-state index contributed by atoms with van der Waals surface area (Å²) in [4.78, 5) is 19.0. The van der Waals surface area contributed by atoms with E-state index in [1.807, 2.05) is 0 Å². The molecule has 0 aliphatic heterocycles. The Morgan fingerprint density at radius 2 is 1.50 bits per heavy atom. The van der Waals surface area contributed by atoms with Crippen LogP contribution in [0.15, 0.2) is 0 Å². The molecule has 0 fully saturated rings. The standard InChI is InChI=1S/C5H11NO2.C2H4O2/c1-3(2)4(6)5(7)8;1-2(3)4/h3-4H,6H2,1-2H3,(H,7,8);1H3,(H,3,4). The van der Waals surface area contributed by atoms with Crippen molar-refractivity contribution in [2.75, 3.05) is 0 Å². The third kappa shape index (κ3) is 11.7. The second-order valence-corrected chi connectivity index (χ2v) is 2.63. The molecule has 0 aliphatic rings. The van der Waals surface area contributed by atoms with Gasteiger partial charge < -0.3 is 15.9 Å². The summed E-state index contributed by atoms with van der Waals surface area (Å²) in [5.41, 5.74) is 5.16. The van der Waals surface area contributed by atoms with Crippen LogP contribution >= 0.6 is 0 Å². The summed E-state index contributed by atoms with van der Waals surface area (Å²) in [6, 6.07) is -0.713. The SMILES string of the molecule is CC(=O)O.CC(C)C(N)C(=O)O. The van der Waals surface area contributed by atoms with Crippen molar-refractivity contribution in [2.24, 2.45) is 11.7 Å². The van der Waals surface area contributed by atoms with E-state index in [4.69, 9.17) is 20.7 Å². The molecular weight excluding hydrogens is 162 g/mol. The van der Waals surface area contributed by atoms with Crippen LogP contribution in [0.5, 0.6) is 0 Å². The molecule has 0 bridgehead atoms. The van der Waals surface area contributed by atoms with Gasteiger partial charge in [0.25, 0.3) is 5.97 Å². The zero-order valence-corrected chi connectivity index (χ0v) is 7.44. The van der Waals surface area contributed by atoms with E-state index in [1.54, 1.807) is 13.8 Å². The van der Waals surface area contributed by atoms with Gasteiger partial charge in [0, 0.05) is 6.92 Å². The second kappa shape index (κ2) is 6.60. The normalized spacial score (nSPS) is 11.4. The molecule has 72 valence electrons. The van der Waals surface area contributed by atoms with E-state index in [9.17, 15) is 4.79 Å². The zero-order valence-electron chi connectivity index (χ0n) is 7.44. The van der Waals surface area contributed by atoms with Crippen LogP contribution in [-0.2, 0) is 9.59 Å². The maximum atomic E-state index is 10.0. The number of carboxylic acids is 2. The molecule has 0 saturated carbocycles. The van der Waals surface area contributed by atoms with Crippen molar-refractivity contribution in [2.45, 2.75) is 26.8 Å². The highest BCUT2D eigenvalue weighted by Crippen LogP contribution is 1.96. The molecule has 5 nitrogen and oxygen atoms in total. The van der Waals surface area contributed by atoms with E-state index in [1.165, 1.54) is 0 Å². The highest BCUT2D eigenvalue weighted by Gasteiger charge is 2.14. The molecule has 0 aliphatic carbocycles. The average Bonchev–Trinajstić information content (AvgIpc) is 1.84. The van der Waals surface area contributed by atoms with Crippen molar-refractivity contribution in [1.29, 1.82) is 0 Å². The maximum absolute atomic E-state index is 10.0. The second-order valence-electron chi connectivity index (χ2n) is 2.63. The number of hydrogen-bond donors (Lipinski definition) is 3. The first kappa shape index (κ1) is 13.5. The van der Waals surface area contributed by atoms with E-state index in [0.717, 1.165) is 6.92 Å². The summed E-state index contributed by atoms with van der Waals surface area (Å²) in [6.07, 6.45) is 0. The predicted molar refractivity (Wildman–Crippen MR) is 43.8 cm³/mol. The molecule has 1 unspecified atom stereocenters. The Hall–Kier alpha value is -1.10. The first-order valence-electron chi connectivity index (χ1n) is 3.47. The number of carboxylic acid groups (broad SMARTS) is 2. The molecule has 12 heavy (non-hydrogen) atoms. The molecule has 0 amide bonds. The molecular formula is C7H15NO4. The van der Waals surface area contributed by atoms with Gasteiger partial charge in [0.15, 0.2) is 0 Å². The van der Waals surface area contributed by atoms with Crippen molar-refractivity contribution in [3.63, 3.8) is 0 Å². The summed E-state index contributed by atoms with van der Waals surface area (Å²) >= 11 is 0. The lowest BCUT2D eigenvalue weighted by molar-refractivity contribution is -0.139. The van der Waals surface area contributed by atoms with E-state index >= 15 is 0 Å². The lowest BCUT2D eigenvalue weighted by Crippen LogP contribution is -2.34. The third-order valence-corrected chi connectivity index (χ3v) is 1.00. The Kier molecular flexibility index (Phi) is 7.42. The van der Waals surface area contributed by atoms with Gasteiger partial charge in [0.1, 0.15) is 6.04 Å². The van der Waals surface area contributed by atoms with Crippen LogP contribution < -0.4 is 5.73 Å². The minimum absolute atomic E-state index is 0.0208. The van der Waals surface area contributed by atoms with E-state index in [-0.39, 0.29) is 5.92 Å². The van der Waals surface area contributed by atoms with Gasteiger partial charge in [0.2, 0.25) is 0 Å². The van der Waals surface area contributed by atoms with E-state index in [2.05, 4.69) is 0 Å². The van der Waals surface area contributed by atoms with Crippen LogP contribution in [0.4, 0.5) is 0 Å². The fraction of sp³-hybridized carbons (Fsp3) is 0.714. The topological polar surface area (TPSA) is 101 Å². The number of carbonyl (C=O) groups is 2. The molecule has 1 atom stereocenters. The molecule has 0 rings (SSSR count). The Morgan fingerprint density at radius 1 is 1.25 bits per heavy atom. The van der Waals surface area contributed by atoms with Crippen LogP contribution in [0.25, 0.3) is 0 Å². The molecule has 5 heteroatoms. The summed E-state index contributed by atoms with van der Waals surface area (Å²) in [7, 11) is 0. The van der Waals surface area contributed by atoms with Gasteiger partial charge in [-0.05, 0) is 5.92 Å². The molecule has 0 heterocycles. The smallest absolute Gasteiger partial charge is 0.320 e. The zero-order chi connectivity index (χ0) is 10.3. The molecule has 0 saturated heterocycles. The van der Waals surface area contributed by atoms with Crippen LogP contribution in [0.3, 0.4) is 0 Å². The molecule has 4 N–H and O–H groups in total. The highest BCUT2D eigenvalue weighted by molar-refractivity contribution is 5.73. The van der Waals surface area contributed by atoms with Gasteiger partial charge in [0.05, 0.1) is 0 Å². The van der Waals surface area contributed by atoms with Crippen molar-refractivity contribution >= 4 is 11.9 Å². The summed E-state index contributed by atoms with van der Waals surface area (Å²) in [6.45, 7) is 4.64. The predicted octanol–water partition coefficient (Wildman–Crippen LogP) is 0.145. The fourth-order valence-electron chi connectivity index (χ4n) is 0.285. The number of rotatable bonds is 2. The number of aliphatic carboxylic acids is 2. The molecule has 0 aromatic carbocycles. The quantitative estimate of drug-likeness (QED) is 0.557. The minimum Gasteiger partial charge on any atom is -0.481 e. The van der Waals surface area contributed by atoms with Gasteiger partial charge in [-0.3, -0.25) is 9.59 Å². The summed E-state index contributed by atoms with van der Waals surface area (Å²) < 4.78 is 0. The summed E-state index contributed by atoms with van der Waals surface area (Å²) in [5.74, 6) is -1.74. The minimum atomic E-state index is -0.931. The number of hydrogen-bond acceptors (Lipinski definition) is 3. The van der Waals surface area contributed by atoms with Crippen LogP contribution in [0.1, 0.15) is 20.8 Å². The fourth-order valence-corrected chi connectivity index (χ4v) is 0.285. The molecule has 0 aromatic rings. The van der Waals surface area contributed by atoms with Crippen LogP contribution in [-0.4, -0.2) is 28.2 Å². The van der Waals surface area contributed by atoms with Crippen LogP contribution in [0.2, 0.25) is 0 Å². The van der Waals surface area contributed by atoms with Gasteiger partial charge in [-0.25, -0.2) is 0 Å². The van der Waals surface area contributed by atoms with Gasteiger partial charge >= 0.3 is 5.97 Å². The van der Waals surface area contributed by atoms with Gasteiger partial charge in [-0.15, -0.1) is 0 Å². The van der Waals surface area contributed by atoms with Crippen LogP contribution in [0, 0.1) is 5.92 Å². The highest BCUT2D eigenvalue weighted by atomic mass is 16.4. The molecule has 0 aromatic heterocycles. The average molecular weight is 177 g/mol. The maximum Gasteiger partial charge on any atom is 0.320 e. The lowest BCUT2D eigenvalue weighted by Gasteiger charge is -2.07. The first-order valence-corrected chi connectivity index (χ1v) is 3.47. The van der Waals surface area contributed by atoms with Crippen molar-refractivity contribution in [3.05, 3.63) is 0 Å². The van der Waals surface area contributed by atoms with E-state index < -0.39 is 18.0 Å². The third-order valence-electron chi connectivity index (χ3n) is 1.00. The molecule has 0 spiro atoms. The van der Waals surface area contributed by atoms with Crippen molar-refractivity contribution in [3.8, 4) is 0 Å². The Balaban J connectivity index is 0. The first-order chi connectivity index (χ1) is 5.29. The Labute approximate surface area is 71.2 Å². The summed E-state index contributed by atoms with van der Waals surface area (Å²) in [5, 5.41) is 15.6. The lowest BCUT2D eigenvalue weighted by atomic mass is 10.1. The van der Waals surface area contributed by atoms with E-state index in [0.29, 0.717) is 0 Å². The van der Waals surface area contributed by atoms with Crippen molar-refractivity contribution in [1.82, 2.24) is 0 Å². The Morgan fingerprint density at radius 3 is 1.50 bits per heavy atom.